The Labute approximate surface area is 112 Å². The molecule has 3 rings (SSSR count). The molecule has 1 aromatic carbocycles. The molecule has 104 valence electrons. The van der Waals surface area contributed by atoms with Crippen molar-refractivity contribution in [2.45, 2.75) is 12.5 Å². The van der Waals surface area contributed by atoms with Gasteiger partial charge in [-0.3, -0.25) is 10.1 Å². The molecule has 2 aromatic rings. The fourth-order valence-corrected chi connectivity index (χ4v) is 2.32. The van der Waals surface area contributed by atoms with Gasteiger partial charge in [-0.15, -0.1) is 0 Å². The highest BCUT2D eigenvalue weighted by Crippen LogP contribution is 2.26. The van der Waals surface area contributed by atoms with Crippen LogP contribution in [0.2, 0.25) is 0 Å². The third-order valence-electron chi connectivity index (χ3n) is 3.19. The van der Waals surface area contributed by atoms with Gasteiger partial charge in [0.05, 0.1) is 5.69 Å². The van der Waals surface area contributed by atoms with E-state index in [1.54, 1.807) is 0 Å². The number of aliphatic carboxylic acids is 1. The number of nitrogens with one attached hydrogen (secondary N) is 2. The molecule has 0 amide bonds. The summed E-state index contributed by atoms with van der Waals surface area (Å²) in [5, 5.41) is 11.9. The quantitative estimate of drug-likeness (QED) is 0.780. The molecule has 0 fully saturated rings. The Bertz CT molecular complexity index is 664. The number of rotatable bonds is 2. The van der Waals surface area contributed by atoms with Gasteiger partial charge in [0, 0.05) is 30.3 Å². The number of fused-ring (bicyclic) bond motifs is 1. The number of carboxylic acids is 1. The number of nitrogens with zero attached hydrogens (tertiary/aromatic N) is 1. The number of imidazole rings is 1. The van der Waals surface area contributed by atoms with E-state index >= 15 is 0 Å². The Hall–Kier alpha value is -2.28. The van der Waals surface area contributed by atoms with Gasteiger partial charge in [-0.1, -0.05) is 0 Å². The highest BCUT2D eigenvalue weighted by Gasteiger charge is 2.29. The lowest BCUT2D eigenvalue weighted by molar-refractivity contribution is -0.139. The minimum absolute atomic E-state index is 0.251. The van der Waals surface area contributed by atoms with Crippen LogP contribution in [0, 0.1) is 11.6 Å². The summed E-state index contributed by atoms with van der Waals surface area (Å²) < 4.78 is 26.4. The first-order chi connectivity index (χ1) is 9.54. The highest BCUT2D eigenvalue weighted by atomic mass is 19.1. The molecular formula is C13H11F2N3O2. The van der Waals surface area contributed by atoms with E-state index in [2.05, 4.69) is 15.3 Å². The predicted molar refractivity (Wildman–Crippen MR) is 66.0 cm³/mol. The van der Waals surface area contributed by atoms with E-state index in [0.29, 0.717) is 24.4 Å². The van der Waals surface area contributed by atoms with Crippen LogP contribution < -0.4 is 5.32 Å². The van der Waals surface area contributed by atoms with Gasteiger partial charge in [-0.25, -0.2) is 13.8 Å². The Morgan fingerprint density at radius 3 is 2.65 bits per heavy atom. The number of aromatic nitrogens is 2. The zero-order chi connectivity index (χ0) is 14.3. The molecule has 5 nitrogen and oxygen atoms in total. The van der Waals surface area contributed by atoms with Crippen molar-refractivity contribution < 1.29 is 18.7 Å². The summed E-state index contributed by atoms with van der Waals surface area (Å²) in [6, 6.07) is 2.17. The van der Waals surface area contributed by atoms with Crippen LogP contribution in [0.1, 0.15) is 17.4 Å². The molecule has 0 saturated heterocycles. The van der Waals surface area contributed by atoms with Gasteiger partial charge in [-0.05, 0) is 12.1 Å². The number of halogens is 2. The summed E-state index contributed by atoms with van der Waals surface area (Å²) in [5.41, 5.74) is 1.29. The number of hydrogen-bond donors (Lipinski definition) is 3. The molecule has 0 spiro atoms. The third-order valence-corrected chi connectivity index (χ3v) is 3.19. The van der Waals surface area contributed by atoms with Gasteiger partial charge < -0.3 is 10.1 Å². The fourth-order valence-electron chi connectivity index (χ4n) is 2.32. The number of aromatic amines is 1. The van der Waals surface area contributed by atoms with Gasteiger partial charge in [0.1, 0.15) is 17.5 Å². The van der Waals surface area contributed by atoms with E-state index in [1.165, 1.54) is 0 Å². The lowest BCUT2D eigenvalue weighted by atomic mass is 10.1. The molecule has 2 heterocycles. The number of hydrogen-bond acceptors (Lipinski definition) is 3. The van der Waals surface area contributed by atoms with E-state index in [9.17, 15) is 13.6 Å². The summed E-state index contributed by atoms with van der Waals surface area (Å²) in [7, 11) is 0. The van der Waals surface area contributed by atoms with Crippen LogP contribution >= 0.6 is 0 Å². The summed E-state index contributed by atoms with van der Waals surface area (Å²) in [6.45, 7) is 0.503. The molecule has 0 aliphatic carbocycles. The summed E-state index contributed by atoms with van der Waals surface area (Å²) in [6.07, 6.45) is 0.587. The molecule has 0 bridgehead atoms. The maximum atomic E-state index is 13.2. The van der Waals surface area contributed by atoms with Crippen molar-refractivity contribution in [1.29, 1.82) is 0 Å². The molecule has 0 radical (unpaired) electrons. The first kappa shape index (κ1) is 12.7. The second kappa shape index (κ2) is 4.68. The van der Waals surface area contributed by atoms with Crippen LogP contribution in [-0.4, -0.2) is 27.6 Å². The van der Waals surface area contributed by atoms with E-state index < -0.39 is 23.6 Å². The smallest absolute Gasteiger partial charge is 0.327 e. The van der Waals surface area contributed by atoms with Crippen molar-refractivity contribution in [3.05, 3.63) is 41.2 Å². The van der Waals surface area contributed by atoms with Crippen molar-refractivity contribution in [2.24, 2.45) is 0 Å². The molecule has 1 unspecified atom stereocenters. The lowest BCUT2D eigenvalue weighted by Gasteiger charge is -2.18. The fraction of sp³-hybridized carbons (Fsp3) is 0.231. The Kier molecular flexibility index (Phi) is 2.98. The van der Waals surface area contributed by atoms with Gasteiger partial charge in [0.25, 0.3) is 0 Å². The van der Waals surface area contributed by atoms with Crippen LogP contribution in [0.15, 0.2) is 18.2 Å². The largest absolute Gasteiger partial charge is 0.480 e. The Balaban J connectivity index is 2.06. The normalized spacial score (nSPS) is 17.8. The second-order valence-electron chi connectivity index (χ2n) is 4.58. The van der Waals surface area contributed by atoms with Gasteiger partial charge in [0.2, 0.25) is 0 Å². The third kappa shape index (κ3) is 2.16. The number of carboxylic acid groups (broad SMARTS) is 1. The molecule has 7 heteroatoms. The Morgan fingerprint density at radius 2 is 2.00 bits per heavy atom. The SMILES string of the molecule is O=C(O)C1NCCc2[nH]c(-c3cc(F)cc(F)c3)nc21. The minimum Gasteiger partial charge on any atom is -0.480 e. The van der Waals surface area contributed by atoms with E-state index in [-0.39, 0.29) is 11.4 Å². The number of carbonyl (C=O) groups is 1. The number of benzene rings is 1. The Morgan fingerprint density at radius 1 is 1.30 bits per heavy atom. The second-order valence-corrected chi connectivity index (χ2v) is 4.58. The van der Waals surface area contributed by atoms with Crippen LogP contribution in [0.3, 0.4) is 0 Å². The monoisotopic (exact) mass is 279 g/mol. The standard InChI is InChI=1S/C13H11F2N3O2/c14-7-3-6(4-8(15)5-7)12-17-9-1-2-16-11(13(19)20)10(9)18-12/h3-5,11,16H,1-2H2,(H,17,18)(H,19,20). The average Bonchev–Trinajstić information content (AvgIpc) is 2.80. The van der Waals surface area contributed by atoms with Crippen molar-refractivity contribution in [3.63, 3.8) is 0 Å². The van der Waals surface area contributed by atoms with Crippen LogP contribution in [0.25, 0.3) is 11.4 Å². The maximum absolute atomic E-state index is 13.2. The molecule has 0 saturated carbocycles. The molecular weight excluding hydrogens is 268 g/mol. The summed E-state index contributed by atoms with van der Waals surface area (Å²) in [4.78, 5) is 18.2. The van der Waals surface area contributed by atoms with Crippen LogP contribution in [0.5, 0.6) is 0 Å². The van der Waals surface area contributed by atoms with Crippen molar-refractivity contribution in [3.8, 4) is 11.4 Å². The van der Waals surface area contributed by atoms with Crippen LogP contribution in [0.4, 0.5) is 8.78 Å². The molecule has 1 aliphatic heterocycles. The van der Waals surface area contributed by atoms with Gasteiger partial charge >= 0.3 is 5.97 Å². The molecule has 1 atom stereocenters. The summed E-state index contributed by atoms with van der Waals surface area (Å²) >= 11 is 0. The van der Waals surface area contributed by atoms with Gasteiger partial charge in [-0.2, -0.15) is 0 Å². The molecule has 3 N–H and O–H groups in total. The van der Waals surface area contributed by atoms with Crippen molar-refractivity contribution in [1.82, 2.24) is 15.3 Å². The van der Waals surface area contributed by atoms with Crippen molar-refractivity contribution in [2.75, 3.05) is 6.54 Å². The molecule has 20 heavy (non-hydrogen) atoms. The first-order valence-corrected chi connectivity index (χ1v) is 6.06. The zero-order valence-corrected chi connectivity index (χ0v) is 10.3. The van der Waals surface area contributed by atoms with E-state index in [1.807, 2.05) is 0 Å². The molecule has 1 aliphatic rings. The van der Waals surface area contributed by atoms with Gasteiger partial charge in [0.15, 0.2) is 6.04 Å². The van der Waals surface area contributed by atoms with E-state index in [4.69, 9.17) is 5.11 Å². The van der Waals surface area contributed by atoms with E-state index in [0.717, 1.165) is 18.2 Å². The summed E-state index contributed by atoms with van der Waals surface area (Å²) in [5.74, 6) is -2.18. The minimum atomic E-state index is -1.03. The predicted octanol–water partition coefficient (Wildman–Crippen LogP) is 1.63. The topological polar surface area (TPSA) is 78.0 Å². The number of H-pyrrole nitrogens is 1. The van der Waals surface area contributed by atoms with Crippen molar-refractivity contribution >= 4 is 5.97 Å². The molecule has 1 aromatic heterocycles. The maximum Gasteiger partial charge on any atom is 0.327 e. The average molecular weight is 279 g/mol. The first-order valence-electron chi connectivity index (χ1n) is 6.06. The lowest BCUT2D eigenvalue weighted by Crippen LogP contribution is -2.35. The van der Waals surface area contributed by atoms with Crippen LogP contribution in [-0.2, 0) is 11.2 Å². The highest BCUT2D eigenvalue weighted by molar-refractivity contribution is 5.76. The zero-order valence-electron chi connectivity index (χ0n) is 10.3.